The van der Waals surface area contributed by atoms with Gasteiger partial charge in [0.2, 0.25) is 0 Å². The summed E-state index contributed by atoms with van der Waals surface area (Å²) in [6.07, 6.45) is 0.0635. The van der Waals surface area contributed by atoms with Crippen molar-refractivity contribution in [3.63, 3.8) is 0 Å². The van der Waals surface area contributed by atoms with E-state index in [4.69, 9.17) is 19.9 Å². The minimum atomic E-state index is 0.0635. The molecular weight excluding hydrogens is 254 g/mol. The average molecular weight is 273 g/mol. The molecule has 0 aliphatic rings. The molecule has 2 aromatic carbocycles. The zero-order valence-corrected chi connectivity index (χ0v) is 11.9. The van der Waals surface area contributed by atoms with Crippen LogP contribution in [0.1, 0.15) is 13.8 Å². The highest BCUT2D eigenvalue weighted by Gasteiger charge is 2.06. The lowest BCUT2D eigenvalue weighted by molar-refractivity contribution is 0.243. The molecule has 20 heavy (non-hydrogen) atoms. The van der Waals surface area contributed by atoms with Crippen LogP contribution in [0.3, 0.4) is 0 Å². The van der Waals surface area contributed by atoms with E-state index < -0.39 is 0 Å². The number of benzene rings is 2. The van der Waals surface area contributed by atoms with Crippen LogP contribution in [0.4, 0.5) is 5.69 Å². The third-order valence-corrected chi connectivity index (χ3v) is 2.64. The summed E-state index contributed by atoms with van der Waals surface area (Å²) in [5.74, 6) is 2.83. The van der Waals surface area contributed by atoms with Crippen LogP contribution < -0.4 is 19.9 Å². The number of hydrogen-bond acceptors (Lipinski definition) is 4. The van der Waals surface area contributed by atoms with E-state index in [2.05, 4.69) is 0 Å². The van der Waals surface area contributed by atoms with Gasteiger partial charge in [0.25, 0.3) is 0 Å². The smallest absolute Gasteiger partial charge is 0.146 e. The van der Waals surface area contributed by atoms with Gasteiger partial charge in [-0.25, -0.2) is 0 Å². The third-order valence-electron chi connectivity index (χ3n) is 2.64. The van der Waals surface area contributed by atoms with E-state index >= 15 is 0 Å². The molecule has 0 fully saturated rings. The van der Waals surface area contributed by atoms with Crippen LogP contribution in [0.5, 0.6) is 23.0 Å². The fraction of sp³-hybridized carbons (Fsp3) is 0.250. The lowest BCUT2D eigenvalue weighted by Gasteiger charge is -2.14. The number of rotatable bonds is 5. The zero-order chi connectivity index (χ0) is 14.5. The summed E-state index contributed by atoms with van der Waals surface area (Å²) in [7, 11) is 1.63. The van der Waals surface area contributed by atoms with Gasteiger partial charge in [0.05, 0.1) is 18.9 Å². The van der Waals surface area contributed by atoms with Crippen molar-refractivity contribution >= 4 is 5.69 Å². The van der Waals surface area contributed by atoms with Crippen LogP contribution in [0.25, 0.3) is 0 Å². The number of methoxy groups -OCH3 is 1. The van der Waals surface area contributed by atoms with E-state index in [1.807, 2.05) is 44.2 Å². The maximum Gasteiger partial charge on any atom is 0.146 e. The van der Waals surface area contributed by atoms with Crippen LogP contribution in [0.15, 0.2) is 42.5 Å². The van der Waals surface area contributed by atoms with Crippen molar-refractivity contribution in [2.75, 3.05) is 12.8 Å². The molecule has 0 aliphatic carbocycles. The first-order valence-electron chi connectivity index (χ1n) is 6.46. The van der Waals surface area contributed by atoms with Gasteiger partial charge in [-0.1, -0.05) is 0 Å². The van der Waals surface area contributed by atoms with E-state index in [0.717, 1.165) is 11.5 Å². The fourth-order valence-electron chi connectivity index (χ4n) is 1.71. The highest BCUT2D eigenvalue weighted by Crippen LogP contribution is 2.31. The van der Waals surface area contributed by atoms with E-state index in [0.29, 0.717) is 17.2 Å². The zero-order valence-electron chi connectivity index (χ0n) is 11.9. The fourth-order valence-corrected chi connectivity index (χ4v) is 1.71. The van der Waals surface area contributed by atoms with Crippen molar-refractivity contribution < 1.29 is 14.2 Å². The van der Waals surface area contributed by atoms with Gasteiger partial charge in [-0.2, -0.15) is 0 Å². The quantitative estimate of drug-likeness (QED) is 0.840. The maximum atomic E-state index is 5.87. The lowest BCUT2D eigenvalue weighted by atomic mass is 10.2. The molecule has 0 saturated heterocycles. The molecule has 2 N–H and O–H groups in total. The molecule has 0 atom stereocenters. The Bertz CT molecular complexity index is 564. The summed E-state index contributed by atoms with van der Waals surface area (Å²) in [6.45, 7) is 3.91. The van der Waals surface area contributed by atoms with Gasteiger partial charge in [-0.15, -0.1) is 0 Å². The van der Waals surface area contributed by atoms with Crippen molar-refractivity contribution in [2.45, 2.75) is 20.0 Å². The lowest BCUT2D eigenvalue weighted by Crippen LogP contribution is -2.07. The first kappa shape index (κ1) is 14.1. The molecule has 0 heterocycles. The van der Waals surface area contributed by atoms with E-state index in [1.54, 1.807) is 19.2 Å². The molecule has 2 aromatic rings. The van der Waals surface area contributed by atoms with Crippen molar-refractivity contribution in [1.29, 1.82) is 0 Å². The predicted molar refractivity (Wildman–Crippen MR) is 79.7 cm³/mol. The molecule has 106 valence electrons. The predicted octanol–water partition coefficient (Wildman–Crippen LogP) is 3.86. The topological polar surface area (TPSA) is 53.7 Å². The minimum Gasteiger partial charge on any atom is -0.497 e. The number of nitrogens with two attached hydrogens (primary N) is 1. The Morgan fingerprint density at radius 1 is 0.900 bits per heavy atom. The molecule has 0 aliphatic heterocycles. The Morgan fingerprint density at radius 3 is 2.10 bits per heavy atom. The summed E-state index contributed by atoms with van der Waals surface area (Å²) in [4.78, 5) is 0. The third kappa shape index (κ3) is 3.57. The van der Waals surface area contributed by atoms with Gasteiger partial charge in [0, 0.05) is 6.07 Å². The highest BCUT2D eigenvalue weighted by atomic mass is 16.5. The Kier molecular flexibility index (Phi) is 4.35. The van der Waals surface area contributed by atoms with Crippen LogP contribution in [-0.2, 0) is 0 Å². The molecule has 0 amide bonds. The number of nitrogen functional groups attached to an aromatic ring is 1. The molecule has 0 spiro atoms. The maximum absolute atomic E-state index is 5.87. The van der Waals surface area contributed by atoms with Gasteiger partial charge < -0.3 is 19.9 Å². The molecular formula is C16H19NO3. The molecule has 0 aromatic heterocycles. The second-order valence-corrected chi connectivity index (χ2v) is 4.64. The SMILES string of the molecule is COc1ccc(Oc2ccc(N)c(OC(C)C)c2)cc1. The molecule has 4 heteroatoms. The summed E-state index contributed by atoms with van der Waals surface area (Å²) < 4.78 is 16.5. The van der Waals surface area contributed by atoms with Crippen molar-refractivity contribution in [3.05, 3.63) is 42.5 Å². The molecule has 2 rings (SSSR count). The van der Waals surface area contributed by atoms with E-state index in [1.165, 1.54) is 0 Å². The first-order valence-corrected chi connectivity index (χ1v) is 6.46. The largest absolute Gasteiger partial charge is 0.497 e. The second kappa shape index (κ2) is 6.19. The van der Waals surface area contributed by atoms with E-state index in [-0.39, 0.29) is 6.10 Å². The number of ether oxygens (including phenoxy) is 3. The van der Waals surface area contributed by atoms with E-state index in [9.17, 15) is 0 Å². The molecule has 4 nitrogen and oxygen atoms in total. The van der Waals surface area contributed by atoms with Gasteiger partial charge in [0.1, 0.15) is 23.0 Å². The molecule has 0 radical (unpaired) electrons. The van der Waals surface area contributed by atoms with Crippen LogP contribution in [0, 0.1) is 0 Å². The molecule has 0 unspecified atom stereocenters. The summed E-state index contributed by atoms with van der Waals surface area (Å²) in [6, 6.07) is 12.8. The highest BCUT2D eigenvalue weighted by molar-refractivity contribution is 5.56. The minimum absolute atomic E-state index is 0.0635. The van der Waals surface area contributed by atoms with Crippen molar-refractivity contribution in [1.82, 2.24) is 0 Å². The molecule has 0 saturated carbocycles. The van der Waals surface area contributed by atoms with Crippen molar-refractivity contribution in [2.24, 2.45) is 0 Å². The van der Waals surface area contributed by atoms with Crippen LogP contribution in [-0.4, -0.2) is 13.2 Å². The van der Waals surface area contributed by atoms with Crippen molar-refractivity contribution in [3.8, 4) is 23.0 Å². The summed E-state index contributed by atoms with van der Waals surface area (Å²) in [5.41, 5.74) is 6.47. The van der Waals surface area contributed by atoms with Crippen LogP contribution in [0.2, 0.25) is 0 Å². The standard InChI is InChI=1S/C16H19NO3/c1-11(2)19-16-10-14(8-9-15(16)17)20-13-6-4-12(18-3)5-7-13/h4-11H,17H2,1-3H3. The monoisotopic (exact) mass is 273 g/mol. The van der Waals surface area contributed by atoms with Gasteiger partial charge in [-0.3, -0.25) is 0 Å². The Labute approximate surface area is 119 Å². The Balaban J connectivity index is 2.16. The van der Waals surface area contributed by atoms with Gasteiger partial charge in [-0.05, 0) is 50.2 Å². The van der Waals surface area contributed by atoms with Gasteiger partial charge in [0.15, 0.2) is 0 Å². The van der Waals surface area contributed by atoms with Crippen LogP contribution >= 0.6 is 0 Å². The average Bonchev–Trinajstić information content (AvgIpc) is 2.43. The van der Waals surface area contributed by atoms with Gasteiger partial charge >= 0.3 is 0 Å². The normalized spacial score (nSPS) is 10.4. The summed E-state index contributed by atoms with van der Waals surface area (Å²) >= 11 is 0. The first-order chi connectivity index (χ1) is 9.58. The Morgan fingerprint density at radius 2 is 1.50 bits per heavy atom. The number of anilines is 1. The second-order valence-electron chi connectivity index (χ2n) is 4.64. The Hall–Kier alpha value is -2.36. The number of hydrogen-bond donors (Lipinski definition) is 1. The summed E-state index contributed by atoms with van der Waals surface area (Å²) in [5, 5.41) is 0. The molecule has 0 bridgehead atoms.